The average Bonchev–Trinajstić information content (AvgIpc) is 2.76. The van der Waals surface area contributed by atoms with E-state index in [-0.39, 0.29) is 24.4 Å². The molecule has 1 amide bonds. The molecule has 1 heterocycles. The Morgan fingerprint density at radius 3 is 2.53 bits per heavy atom. The minimum atomic E-state index is -4.50. The molecule has 1 atom stereocenters. The fraction of sp³-hybridized carbons (Fsp3) is 0.381. The molecular weight excluding hydrogens is 423 g/mol. The van der Waals surface area contributed by atoms with Crippen LogP contribution in [0.4, 0.5) is 24.8 Å². The molecule has 0 aliphatic carbocycles. The Morgan fingerprint density at radius 1 is 1.25 bits per heavy atom. The highest BCUT2D eigenvalue weighted by Crippen LogP contribution is 2.28. The maximum atomic E-state index is 13.3. The number of anilines is 2. The second kappa shape index (κ2) is 11.2. The number of hydrogen-bond acceptors (Lipinski definition) is 7. The fourth-order valence-electron chi connectivity index (χ4n) is 2.92. The number of benzene rings is 1. The molecule has 11 heteroatoms. The van der Waals surface area contributed by atoms with Crippen LogP contribution in [0, 0.1) is 6.92 Å². The third-order valence-electron chi connectivity index (χ3n) is 4.64. The minimum absolute atomic E-state index is 0.0539. The van der Waals surface area contributed by atoms with E-state index in [1.54, 1.807) is 24.1 Å². The quantitative estimate of drug-likeness (QED) is 0.448. The summed E-state index contributed by atoms with van der Waals surface area (Å²) in [7, 11) is 1.62. The molecule has 2 N–H and O–H groups in total. The number of amides is 1. The standard InChI is InChI=1S/C21H26F3N7O/c1-5-31(15(3)11-26-20-27-12-16(13-28-20)21(22,23)24)19(32)17-8-6-7-14(2)18(17)30-29-10-9-25-4/h6-10,12-13,15,30H,5,11H2,1-4H3,(H,26,27,28)/b25-9-,29-10-. The summed E-state index contributed by atoms with van der Waals surface area (Å²) in [5.74, 6) is -0.154. The van der Waals surface area contributed by atoms with E-state index in [1.165, 1.54) is 12.4 Å². The monoisotopic (exact) mass is 449 g/mol. The van der Waals surface area contributed by atoms with Gasteiger partial charge in [-0.05, 0) is 32.4 Å². The van der Waals surface area contributed by atoms with E-state index in [1.807, 2.05) is 26.8 Å². The van der Waals surface area contributed by atoms with E-state index in [9.17, 15) is 18.0 Å². The molecule has 0 aliphatic heterocycles. The summed E-state index contributed by atoms with van der Waals surface area (Å²) in [6.45, 7) is 6.23. The third kappa shape index (κ3) is 6.50. The van der Waals surface area contributed by atoms with Crippen LogP contribution in [0.25, 0.3) is 0 Å². The Bertz CT molecular complexity index is 959. The van der Waals surface area contributed by atoms with Crippen molar-refractivity contribution in [1.82, 2.24) is 14.9 Å². The molecule has 2 aromatic rings. The van der Waals surface area contributed by atoms with E-state index in [0.29, 0.717) is 17.8 Å². The van der Waals surface area contributed by atoms with Crippen LogP contribution in [0.15, 0.2) is 40.7 Å². The summed E-state index contributed by atoms with van der Waals surface area (Å²) < 4.78 is 37.9. The van der Waals surface area contributed by atoms with Crippen molar-refractivity contribution in [3.8, 4) is 0 Å². The van der Waals surface area contributed by atoms with E-state index in [4.69, 9.17) is 0 Å². The number of para-hydroxylation sites is 1. The lowest BCUT2D eigenvalue weighted by Crippen LogP contribution is -2.42. The number of alkyl halides is 3. The van der Waals surface area contributed by atoms with Gasteiger partial charge in [-0.15, -0.1) is 0 Å². The topological polar surface area (TPSA) is 94.9 Å². The van der Waals surface area contributed by atoms with Crippen LogP contribution in [0.2, 0.25) is 0 Å². The number of aromatic nitrogens is 2. The Hall–Kier alpha value is -3.50. The van der Waals surface area contributed by atoms with Gasteiger partial charge < -0.3 is 10.2 Å². The first-order valence-electron chi connectivity index (χ1n) is 9.92. The molecule has 1 aromatic carbocycles. The number of halogens is 3. The van der Waals surface area contributed by atoms with Gasteiger partial charge in [0.25, 0.3) is 5.91 Å². The fourth-order valence-corrected chi connectivity index (χ4v) is 2.92. The molecule has 0 saturated carbocycles. The highest BCUT2D eigenvalue weighted by molar-refractivity contribution is 6.16. The first kappa shape index (κ1) is 24.8. The van der Waals surface area contributed by atoms with Crippen molar-refractivity contribution in [2.45, 2.75) is 33.0 Å². The van der Waals surface area contributed by atoms with Gasteiger partial charge in [0.15, 0.2) is 0 Å². The smallest absolute Gasteiger partial charge is 0.352 e. The number of nitrogens with one attached hydrogen (secondary N) is 2. The molecule has 0 radical (unpaired) electrons. The van der Waals surface area contributed by atoms with E-state index < -0.39 is 11.7 Å². The van der Waals surface area contributed by atoms with Crippen LogP contribution in [0.1, 0.15) is 35.3 Å². The van der Waals surface area contributed by atoms with Gasteiger partial charge in [0, 0.05) is 44.8 Å². The lowest BCUT2D eigenvalue weighted by atomic mass is 10.1. The van der Waals surface area contributed by atoms with E-state index in [2.05, 4.69) is 30.8 Å². The summed E-state index contributed by atoms with van der Waals surface area (Å²) in [5.41, 5.74) is 3.86. The Labute approximate surface area is 184 Å². The van der Waals surface area contributed by atoms with Crippen molar-refractivity contribution in [2.75, 3.05) is 30.9 Å². The third-order valence-corrected chi connectivity index (χ3v) is 4.64. The Balaban J connectivity index is 2.12. The molecule has 32 heavy (non-hydrogen) atoms. The molecule has 1 unspecified atom stereocenters. The highest BCUT2D eigenvalue weighted by atomic mass is 19.4. The normalized spacial score (nSPS) is 12.8. The molecule has 8 nitrogen and oxygen atoms in total. The number of hydrogen-bond donors (Lipinski definition) is 2. The number of rotatable bonds is 9. The van der Waals surface area contributed by atoms with Crippen molar-refractivity contribution < 1.29 is 18.0 Å². The molecule has 0 spiro atoms. The zero-order valence-electron chi connectivity index (χ0n) is 18.3. The number of carbonyl (C=O) groups excluding carboxylic acids is 1. The van der Waals surface area contributed by atoms with Gasteiger partial charge in [0.2, 0.25) is 5.95 Å². The summed E-state index contributed by atoms with van der Waals surface area (Å²) in [4.78, 5) is 26.1. The second-order valence-corrected chi connectivity index (χ2v) is 6.91. The maximum absolute atomic E-state index is 13.3. The van der Waals surface area contributed by atoms with Crippen LogP contribution in [0.3, 0.4) is 0 Å². The molecule has 0 fully saturated rings. The van der Waals surface area contributed by atoms with Crippen LogP contribution >= 0.6 is 0 Å². The highest BCUT2D eigenvalue weighted by Gasteiger charge is 2.31. The van der Waals surface area contributed by atoms with Crippen molar-refractivity contribution in [1.29, 1.82) is 0 Å². The first-order valence-corrected chi connectivity index (χ1v) is 9.92. The summed E-state index contributed by atoms with van der Waals surface area (Å²) in [6, 6.07) is 5.08. The predicted molar refractivity (Wildman–Crippen MR) is 119 cm³/mol. The van der Waals surface area contributed by atoms with Gasteiger partial charge in [0.05, 0.1) is 23.0 Å². The van der Waals surface area contributed by atoms with Gasteiger partial charge >= 0.3 is 6.18 Å². The lowest BCUT2D eigenvalue weighted by molar-refractivity contribution is -0.138. The molecule has 2 rings (SSSR count). The molecule has 1 aromatic heterocycles. The SMILES string of the molecule is CCN(C(=O)c1cccc(C)c1N/N=C\C=N/C)C(C)CNc1ncc(C(F)(F)F)cn1. The first-order chi connectivity index (χ1) is 15.2. The number of carbonyl (C=O) groups is 1. The van der Waals surface area contributed by atoms with Gasteiger partial charge in [-0.1, -0.05) is 12.1 Å². The molecule has 0 aliphatic rings. The van der Waals surface area contributed by atoms with E-state index in [0.717, 1.165) is 18.0 Å². The van der Waals surface area contributed by atoms with Gasteiger partial charge in [0.1, 0.15) is 0 Å². The molecule has 0 bridgehead atoms. The lowest BCUT2D eigenvalue weighted by Gasteiger charge is -2.29. The van der Waals surface area contributed by atoms with Crippen molar-refractivity contribution in [3.63, 3.8) is 0 Å². The van der Waals surface area contributed by atoms with E-state index >= 15 is 0 Å². The van der Waals surface area contributed by atoms with Crippen LogP contribution in [-0.4, -0.2) is 59.4 Å². The van der Waals surface area contributed by atoms with Crippen molar-refractivity contribution in [2.24, 2.45) is 10.1 Å². The van der Waals surface area contributed by atoms with Crippen molar-refractivity contribution in [3.05, 3.63) is 47.3 Å². The summed E-state index contributed by atoms with van der Waals surface area (Å²) in [6.07, 6.45) is -0.0599. The average molecular weight is 449 g/mol. The van der Waals surface area contributed by atoms with Crippen LogP contribution in [-0.2, 0) is 6.18 Å². The molecule has 0 saturated heterocycles. The molecular formula is C21H26F3N7O. The maximum Gasteiger partial charge on any atom is 0.419 e. The zero-order valence-corrected chi connectivity index (χ0v) is 18.3. The second-order valence-electron chi connectivity index (χ2n) is 6.91. The molecule has 172 valence electrons. The van der Waals surface area contributed by atoms with Crippen LogP contribution in [0.5, 0.6) is 0 Å². The predicted octanol–water partition coefficient (Wildman–Crippen LogP) is 3.86. The Morgan fingerprint density at radius 2 is 1.94 bits per heavy atom. The Kier molecular flexibility index (Phi) is 8.68. The van der Waals surface area contributed by atoms with Gasteiger partial charge in [-0.25, -0.2) is 9.97 Å². The number of aliphatic imine (C=N–C) groups is 1. The number of likely N-dealkylation sites (N-methyl/N-ethyl adjacent to an activating group) is 1. The number of hydrazone groups is 1. The van der Waals surface area contributed by atoms with Crippen LogP contribution < -0.4 is 10.7 Å². The number of aryl methyl sites for hydroxylation is 1. The van der Waals surface area contributed by atoms with Gasteiger partial charge in [-0.2, -0.15) is 18.3 Å². The summed E-state index contributed by atoms with van der Waals surface area (Å²) >= 11 is 0. The van der Waals surface area contributed by atoms with Crippen molar-refractivity contribution >= 4 is 30.0 Å². The summed E-state index contributed by atoms with van der Waals surface area (Å²) in [5, 5.41) is 6.94. The van der Waals surface area contributed by atoms with Gasteiger partial charge in [-0.3, -0.25) is 15.2 Å². The largest absolute Gasteiger partial charge is 0.419 e. The number of nitrogens with zero attached hydrogens (tertiary/aromatic N) is 5. The minimum Gasteiger partial charge on any atom is -0.352 e. The zero-order chi connectivity index (χ0) is 23.7.